The smallest absolute Gasteiger partial charge is 0.303 e. The molecule has 0 saturated heterocycles. The number of halogens is 2. The molecule has 7 heteroatoms. The summed E-state index contributed by atoms with van der Waals surface area (Å²) >= 11 is 4.12. The molecule has 0 atom stereocenters. The summed E-state index contributed by atoms with van der Waals surface area (Å²) in [6.07, 6.45) is 1.67. The van der Waals surface area contributed by atoms with Gasteiger partial charge in [-0.05, 0) is 69.3 Å². The van der Waals surface area contributed by atoms with Crippen LogP contribution < -0.4 is 0 Å². The number of Topliss-reactive ketones (excluding diaryl/α,β-unsaturated/α-hetero) is 1. The lowest BCUT2D eigenvalue weighted by Crippen LogP contribution is -2.04. The Morgan fingerprint density at radius 1 is 1.20 bits per heavy atom. The number of nitrogens with zero attached hydrogens (tertiary/aromatic N) is 1. The van der Waals surface area contributed by atoms with Crippen molar-refractivity contribution in [1.82, 2.24) is 0 Å². The Kier molecular flexibility index (Phi) is 7.41. The van der Waals surface area contributed by atoms with Gasteiger partial charge in [0.25, 0.3) is 0 Å². The molecule has 0 unspecified atom stereocenters. The van der Waals surface area contributed by atoms with Gasteiger partial charge < -0.3 is 10.2 Å². The minimum atomic E-state index is -0.986. The number of carbonyl (C=O) groups is 2. The molecule has 0 bridgehead atoms. The molecule has 0 heterocycles. The van der Waals surface area contributed by atoms with Crippen molar-refractivity contribution in [3.63, 3.8) is 0 Å². The molecule has 0 saturated carbocycles. The van der Waals surface area contributed by atoms with Crippen molar-refractivity contribution in [3.8, 4) is 5.75 Å². The first-order chi connectivity index (χ1) is 9.40. The zero-order valence-corrected chi connectivity index (χ0v) is 14.8. The highest BCUT2D eigenvalue weighted by atomic mass is 127. The molecule has 2 N–H and O–H groups in total. The van der Waals surface area contributed by atoms with E-state index in [1.165, 1.54) is 6.21 Å². The topological polar surface area (TPSA) is 87.0 Å². The van der Waals surface area contributed by atoms with Gasteiger partial charge in [-0.2, -0.15) is 0 Å². The van der Waals surface area contributed by atoms with Crippen molar-refractivity contribution in [2.75, 3.05) is 6.54 Å². The van der Waals surface area contributed by atoms with E-state index in [0.29, 0.717) is 13.0 Å². The Morgan fingerprint density at radius 3 is 2.35 bits per heavy atom. The zero-order chi connectivity index (χ0) is 15.1. The summed E-state index contributed by atoms with van der Waals surface area (Å²) < 4.78 is 1.57. The molecule has 0 aromatic heterocycles. The molecule has 0 amide bonds. The maximum atomic E-state index is 11.3. The first-order valence-electron chi connectivity index (χ1n) is 5.81. The van der Waals surface area contributed by atoms with E-state index >= 15 is 0 Å². The second kappa shape index (κ2) is 8.55. The highest BCUT2D eigenvalue weighted by Gasteiger charge is 2.05. The van der Waals surface area contributed by atoms with Crippen LogP contribution in [0.3, 0.4) is 0 Å². The number of carboxylic acid groups (broad SMARTS) is 1. The highest BCUT2D eigenvalue weighted by Crippen LogP contribution is 2.27. The number of phenols is 1. The maximum Gasteiger partial charge on any atom is 0.303 e. The van der Waals surface area contributed by atoms with Crippen molar-refractivity contribution in [3.05, 3.63) is 24.8 Å². The van der Waals surface area contributed by atoms with Crippen LogP contribution in [0.25, 0.3) is 0 Å². The number of carbonyl (C=O) groups excluding carboxylic acids is 1. The van der Waals surface area contributed by atoms with E-state index < -0.39 is 5.97 Å². The number of aliphatic imine (C=N–C) groups is 1. The number of phenolic OH excluding ortho intramolecular Hbond substituents is 1. The molecule has 20 heavy (non-hydrogen) atoms. The van der Waals surface area contributed by atoms with Gasteiger partial charge in [-0.3, -0.25) is 14.6 Å². The van der Waals surface area contributed by atoms with Gasteiger partial charge in [0.2, 0.25) is 0 Å². The molecule has 0 spiro atoms. The Labute approximate surface area is 143 Å². The molecule has 108 valence electrons. The lowest BCUT2D eigenvalue weighted by Gasteiger charge is -2.04. The molecule has 1 aromatic carbocycles. The van der Waals surface area contributed by atoms with Crippen LogP contribution in [0.1, 0.15) is 18.4 Å². The summed E-state index contributed by atoms with van der Waals surface area (Å²) in [5.74, 6) is -0.982. The SMILES string of the molecule is O=C(O)CCC(=O)C=NCCc1cc(I)c(O)c(I)c1. The van der Waals surface area contributed by atoms with Gasteiger partial charge in [-0.15, -0.1) is 0 Å². The molecule has 0 fully saturated rings. The van der Waals surface area contributed by atoms with Gasteiger partial charge in [-0.1, -0.05) is 0 Å². The second-order valence-corrected chi connectivity index (χ2v) is 6.38. The number of aromatic hydroxyl groups is 1. The molecule has 1 aromatic rings. The van der Waals surface area contributed by atoms with Crippen LogP contribution in [0.2, 0.25) is 0 Å². The molecule has 0 radical (unpaired) electrons. The van der Waals surface area contributed by atoms with Gasteiger partial charge in [0, 0.05) is 13.0 Å². The third-order valence-corrected chi connectivity index (χ3v) is 4.07. The van der Waals surface area contributed by atoms with E-state index in [1.807, 2.05) is 12.1 Å². The average molecular weight is 501 g/mol. The van der Waals surface area contributed by atoms with Crippen LogP contribution in [0.5, 0.6) is 5.75 Å². The molecule has 0 aliphatic rings. The van der Waals surface area contributed by atoms with Gasteiger partial charge in [0.1, 0.15) is 5.75 Å². The minimum absolute atomic E-state index is 0.0200. The van der Waals surface area contributed by atoms with Gasteiger partial charge >= 0.3 is 5.97 Å². The lowest BCUT2D eigenvalue weighted by atomic mass is 10.1. The van der Waals surface area contributed by atoms with Crippen molar-refractivity contribution in [2.24, 2.45) is 4.99 Å². The van der Waals surface area contributed by atoms with Crippen molar-refractivity contribution >= 4 is 63.1 Å². The van der Waals surface area contributed by atoms with Crippen LogP contribution in [0, 0.1) is 7.14 Å². The van der Waals surface area contributed by atoms with E-state index in [-0.39, 0.29) is 24.4 Å². The van der Waals surface area contributed by atoms with E-state index in [4.69, 9.17) is 5.11 Å². The van der Waals surface area contributed by atoms with E-state index in [9.17, 15) is 14.7 Å². The number of aliphatic carboxylic acids is 1. The van der Waals surface area contributed by atoms with Crippen LogP contribution >= 0.6 is 45.2 Å². The molecular formula is C13H13I2NO4. The van der Waals surface area contributed by atoms with E-state index in [1.54, 1.807) is 0 Å². The van der Waals surface area contributed by atoms with Crippen LogP contribution in [0.15, 0.2) is 17.1 Å². The Bertz CT molecular complexity index is 520. The zero-order valence-electron chi connectivity index (χ0n) is 10.5. The normalized spacial score (nSPS) is 10.9. The number of rotatable bonds is 7. The molecule has 5 nitrogen and oxygen atoms in total. The Morgan fingerprint density at radius 2 is 1.80 bits per heavy atom. The van der Waals surface area contributed by atoms with Crippen molar-refractivity contribution in [2.45, 2.75) is 19.3 Å². The number of hydrogen-bond donors (Lipinski definition) is 2. The quantitative estimate of drug-likeness (QED) is 0.445. The van der Waals surface area contributed by atoms with E-state index in [2.05, 4.69) is 50.2 Å². The summed E-state index contributed by atoms with van der Waals surface area (Å²) in [6, 6.07) is 3.75. The summed E-state index contributed by atoms with van der Waals surface area (Å²) in [5.41, 5.74) is 1.03. The van der Waals surface area contributed by atoms with Gasteiger partial charge in [0.05, 0.1) is 19.8 Å². The summed E-state index contributed by atoms with van der Waals surface area (Å²) in [5, 5.41) is 18.1. The molecule has 0 aliphatic heterocycles. The summed E-state index contributed by atoms with van der Waals surface area (Å²) in [6.45, 7) is 0.454. The van der Waals surface area contributed by atoms with Crippen molar-refractivity contribution < 1.29 is 19.8 Å². The first kappa shape index (κ1) is 17.3. The second-order valence-electron chi connectivity index (χ2n) is 4.05. The standard InChI is InChI=1S/C13H13I2NO4/c14-10-5-8(6-11(15)13(10)20)3-4-16-7-9(17)1-2-12(18)19/h5-7,20H,1-4H2,(H,18,19). The number of carboxylic acids is 1. The molecule has 0 aliphatic carbocycles. The maximum absolute atomic E-state index is 11.3. The van der Waals surface area contributed by atoms with Gasteiger partial charge in [-0.25, -0.2) is 0 Å². The predicted molar refractivity (Wildman–Crippen MR) is 92.5 cm³/mol. The Hall–Kier alpha value is -0.710. The third kappa shape index (κ3) is 6.16. The van der Waals surface area contributed by atoms with E-state index in [0.717, 1.165) is 12.7 Å². The highest BCUT2D eigenvalue weighted by molar-refractivity contribution is 14.1. The van der Waals surface area contributed by atoms with Crippen molar-refractivity contribution in [1.29, 1.82) is 0 Å². The number of benzene rings is 1. The fraction of sp³-hybridized carbons (Fsp3) is 0.308. The van der Waals surface area contributed by atoms with Gasteiger partial charge in [0.15, 0.2) is 5.78 Å². The summed E-state index contributed by atoms with van der Waals surface area (Å²) in [4.78, 5) is 25.5. The van der Waals surface area contributed by atoms with Crippen LogP contribution in [-0.2, 0) is 16.0 Å². The monoisotopic (exact) mass is 501 g/mol. The number of hydrogen-bond acceptors (Lipinski definition) is 4. The minimum Gasteiger partial charge on any atom is -0.506 e. The fourth-order valence-corrected chi connectivity index (χ4v) is 3.31. The lowest BCUT2D eigenvalue weighted by molar-refractivity contribution is -0.138. The molecule has 1 rings (SSSR count). The predicted octanol–water partition coefficient (Wildman–Crippen LogP) is 2.65. The third-order valence-electron chi connectivity index (χ3n) is 2.43. The van der Waals surface area contributed by atoms with Crippen LogP contribution in [0.4, 0.5) is 0 Å². The first-order valence-corrected chi connectivity index (χ1v) is 7.97. The average Bonchev–Trinajstić information content (AvgIpc) is 2.38. The molecular weight excluding hydrogens is 488 g/mol. The fourth-order valence-electron chi connectivity index (χ4n) is 1.42. The van der Waals surface area contributed by atoms with Crippen LogP contribution in [-0.4, -0.2) is 34.7 Å². The summed E-state index contributed by atoms with van der Waals surface area (Å²) in [7, 11) is 0. The largest absolute Gasteiger partial charge is 0.506 e. The Balaban J connectivity index is 2.44. The number of ketones is 1.